The normalized spacial score (nSPS) is 35.5. The van der Waals surface area contributed by atoms with Gasteiger partial charge < -0.3 is 14.9 Å². The van der Waals surface area contributed by atoms with Gasteiger partial charge >= 0.3 is 0 Å². The van der Waals surface area contributed by atoms with Crippen molar-refractivity contribution in [3.8, 4) is 0 Å². The maximum atomic E-state index is 8.74. The summed E-state index contributed by atoms with van der Waals surface area (Å²) in [6, 6.07) is 0. The van der Waals surface area contributed by atoms with E-state index in [0.29, 0.717) is 6.61 Å². The minimum absolute atomic E-state index is 0.339. The highest BCUT2D eigenvalue weighted by atomic mass is 16.3. The van der Waals surface area contributed by atoms with Gasteiger partial charge in [-0.15, -0.1) is 0 Å². The second kappa shape index (κ2) is 3.95. The molecule has 0 spiro atoms. The van der Waals surface area contributed by atoms with E-state index < -0.39 is 0 Å². The Balaban J connectivity index is 1.77. The number of aliphatic hydroxyl groups is 1. The quantitative estimate of drug-likeness (QED) is 0.661. The van der Waals surface area contributed by atoms with Crippen molar-refractivity contribution < 1.29 is 5.11 Å². The fourth-order valence-corrected chi connectivity index (χ4v) is 2.80. The van der Waals surface area contributed by atoms with Gasteiger partial charge in [-0.1, -0.05) is 0 Å². The molecule has 2 saturated heterocycles. The molecule has 0 saturated carbocycles. The van der Waals surface area contributed by atoms with E-state index in [-0.39, 0.29) is 0 Å². The van der Waals surface area contributed by atoms with Gasteiger partial charge in [-0.25, -0.2) is 0 Å². The predicted molar refractivity (Wildman–Crippen MR) is 52.6 cm³/mol. The zero-order valence-corrected chi connectivity index (χ0v) is 8.45. The number of hydrogen-bond acceptors (Lipinski definition) is 3. The smallest absolute Gasteiger partial charge is 0.0443 e. The summed E-state index contributed by atoms with van der Waals surface area (Å²) in [6.45, 7) is 6.50. The topological polar surface area (TPSA) is 26.7 Å². The second-order valence-electron chi connectivity index (χ2n) is 4.58. The van der Waals surface area contributed by atoms with Crippen molar-refractivity contribution in [2.24, 2.45) is 11.8 Å². The highest BCUT2D eigenvalue weighted by Gasteiger charge is 2.37. The Bertz CT molecular complexity index is 160. The SMILES string of the molecule is CN1CC2CN(CCCO)CC2C1. The standard InChI is InChI=1S/C10H20N2O/c1-11-5-9-7-12(3-2-4-13)8-10(9)6-11/h9-10,13H,2-8H2,1H3. The molecule has 0 bridgehead atoms. The first kappa shape index (κ1) is 9.44. The molecule has 1 N–H and O–H groups in total. The molecule has 2 rings (SSSR count). The molecular formula is C10H20N2O. The van der Waals surface area contributed by atoms with Crippen LogP contribution in [-0.2, 0) is 0 Å². The van der Waals surface area contributed by atoms with Crippen molar-refractivity contribution in [1.82, 2.24) is 9.80 Å². The first-order valence-electron chi connectivity index (χ1n) is 5.31. The van der Waals surface area contributed by atoms with Crippen LogP contribution in [0.3, 0.4) is 0 Å². The molecule has 0 aromatic rings. The summed E-state index contributed by atoms with van der Waals surface area (Å²) >= 11 is 0. The number of aliphatic hydroxyl groups excluding tert-OH is 1. The average Bonchev–Trinajstić information content (AvgIpc) is 2.57. The van der Waals surface area contributed by atoms with E-state index in [1.165, 1.54) is 26.2 Å². The van der Waals surface area contributed by atoms with Gasteiger partial charge in [-0.05, 0) is 25.3 Å². The van der Waals surface area contributed by atoms with Crippen LogP contribution in [0.5, 0.6) is 0 Å². The summed E-state index contributed by atoms with van der Waals surface area (Å²) in [5, 5.41) is 8.74. The van der Waals surface area contributed by atoms with E-state index in [2.05, 4.69) is 16.8 Å². The highest BCUT2D eigenvalue weighted by Crippen LogP contribution is 2.29. The van der Waals surface area contributed by atoms with Gasteiger partial charge in [0.25, 0.3) is 0 Å². The molecule has 2 unspecified atom stereocenters. The largest absolute Gasteiger partial charge is 0.396 e. The lowest BCUT2D eigenvalue weighted by Crippen LogP contribution is -2.28. The van der Waals surface area contributed by atoms with Crippen LogP contribution < -0.4 is 0 Å². The van der Waals surface area contributed by atoms with Crippen LogP contribution >= 0.6 is 0 Å². The fraction of sp³-hybridized carbons (Fsp3) is 1.00. The van der Waals surface area contributed by atoms with Crippen molar-refractivity contribution in [1.29, 1.82) is 0 Å². The maximum Gasteiger partial charge on any atom is 0.0443 e. The Hall–Kier alpha value is -0.120. The zero-order chi connectivity index (χ0) is 9.26. The fourth-order valence-electron chi connectivity index (χ4n) is 2.80. The lowest BCUT2D eigenvalue weighted by molar-refractivity contribution is 0.231. The van der Waals surface area contributed by atoms with Gasteiger partial charge in [-0.3, -0.25) is 0 Å². The van der Waals surface area contributed by atoms with E-state index in [1.54, 1.807) is 0 Å². The van der Waals surface area contributed by atoms with Crippen LogP contribution in [0.1, 0.15) is 6.42 Å². The number of fused-ring (bicyclic) bond motifs is 1. The van der Waals surface area contributed by atoms with Crippen LogP contribution in [0.4, 0.5) is 0 Å². The molecule has 3 nitrogen and oxygen atoms in total. The maximum absolute atomic E-state index is 8.74. The lowest BCUT2D eigenvalue weighted by Gasteiger charge is -2.18. The van der Waals surface area contributed by atoms with E-state index >= 15 is 0 Å². The predicted octanol–water partition coefficient (Wildman–Crippen LogP) is -0.138. The average molecular weight is 184 g/mol. The third kappa shape index (κ3) is 2.03. The minimum Gasteiger partial charge on any atom is -0.396 e. The molecule has 2 heterocycles. The number of nitrogens with zero attached hydrogens (tertiary/aromatic N) is 2. The van der Waals surface area contributed by atoms with E-state index in [0.717, 1.165) is 24.8 Å². The summed E-state index contributed by atoms with van der Waals surface area (Å²) in [4.78, 5) is 4.96. The molecule has 3 heteroatoms. The summed E-state index contributed by atoms with van der Waals surface area (Å²) in [7, 11) is 2.22. The molecule has 0 aromatic carbocycles. The van der Waals surface area contributed by atoms with Crippen LogP contribution in [-0.4, -0.2) is 61.3 Å². The molecule has 2 atom stereocenters. The van der Waals surface area contributed by atoms with Gasteiger partial charge in [-0.2, -0.15) is 0 Å². The van der Waals surface area contributed by atoms with E-state index in [1.807, 2.05) is 0 Å². The van der Waals surface area contributed by atoms with Crippen molar-refractivity contribution in [2.75, 3.05) is 46.4 Å². The minimum atomic E-state index is 0.339. The van der Waals surface area contributed by atoms with Gasteiger partial charge in [0.1, 0.15) is 0 Å². The van der Waals surface area contributed by atoms with Crippen LogP contribution in [0.25, 0.3) is 0 Å². The summed E-state index contributed by atoms with van der Waals surface area (Å²) in [5.74, 6) is 1.81. The third-order valence-corrected chi connectivity index (χ3v) is 3.38. The molecule has 13 heavy (non-hydrogen) atoms. The highest BCUT2D eigenvalue weighted by molar-refractivity contribution is 4.91. The Morgan fingerprint density at radius 1 is 1.15 bits per heavy atom. The second-order valence-corrected chi connectivity index (χ2v) is 4.58. The summed E-state index contributed by atoms with van der Waals surface area (Å²) in [6.07, 6.45) is 0.940. The van der Waals surface area contributed by atoms with Crippen LogP contribution in [0.15, 0.2) is 0 Å². The molecule has 0 amide bonds. The third-order valence-electron chi connectivity index (χ3n) is 3.38. The molecule has 0 radical (unpaired) electrons. The lowest BCUT2D eigenvalue weighted by atomic mass is 10.0. The number of likely N-dealkylation sites (tertiary alicyclic amines) is 2. The molecular weight excluding hydrogens is 164 g/mol. The number of rotatable bonds is 3. The zero-order valence-electron chi connectivity index (χ0n) is 8.45. The van der Waals surface area contributed by atoms with Crippen molar-refractivity contribution in [3.63, 3.8) is 0 Å². The van der Waals surface area contributed by atoms with Crippen molar-refractivity contribution >= 4 is 0 Å². The van der Waals surface area contributed by atoms with Gasteiger partial charge in [0.05, 0.1) is 0 Å². The molecule has 0 aliphatic carbocycles. The monoisotopic (exact) mass is 184 g/mol. The summed E-state index contributed by atoms with van der Waals surface area (Å²) in [5.41, 5.74) is 0. The first-order chi connectivity index (χ1) is 6.29. The van der Waals surface area contributed by atoms with Gasteiger partial charge in [0.15, 0.2) is 0 Å². The first-order valence-corrected chi connectivity index (χ1v) is 5.31. The molecule has 2 aliphatic heterocycles. The van der Waals surface area contributed by atoms with Crippen LogP contribution in [0.2, 0.25) is 0 Å². The van der Waals surface area contributed by atoms with Crippen molar-refractivity contribution in [3.05, 3.63) is 0 Å². The Labute approximate surface area is 80.3 Å². The Morgan fingerprint density at radius 3 is 2.31 bits per heavy atom. The van der Waals surface area contributed by atoms with E-state index in [4.69, 9.17) is 5.11 Å². The van der Waals surface area contributed by atoms with Gasteiger partial charge in [0.2, 0.25) is 0 Å². The van der Waals surface area contributed by atoms with E-state index in [9.17, 15) is 0 Å². The van der Waals surface area contributed by atoms with Crippen LogP contribution in [0, 0.1) is 11.8 Å². The number of hydrogen-bond donors (Lipinski definition) is 1. The molecule has 2 fully saturated rings. The summed E-state index contributed by atoms with van der Waals surface area (Å²) < 4.78 is 0. The Kier molecular flexibility index (Phi) is 2.86. The Morgan fingerprint density at radius 2 is 1.77 bits per heavy atom. The van der Waals surface area contributed by atoms with Gasteiger partial charge in [0, 0.05) is 39.3 Å². The molecule has 0 aromatic heterocycles. The molecule has 76 valence electrons. The van der Waals surface area contributed by atoms with Crippen molar-refractivity contribution in [2.45, 2.75) is 6.42 Å². The molecule has 2 aliphatic rings.